The number of benzene rings is 1. The van der Waals surface area contributed by atoms with Crippen molar-refractivity contribution >= 4 is 35.1 Å². The van der Waals surface area contributed by atoms with Gasteiger partial charge in [-0.05, 0) is 51.0 Å². The smallest absolute Gasteiger partial charge is 0.334 e. The first-order valence-corrected chi connectivity index (χ1v) is 9.49. The summed E-state index contributed by atoms with van der Waals surface area (Å²) in [4.78, 5) is 52.4. The van der Waals surface area contributed by atoms with Gasteiger partial charge < -0.3 is 10.2 Å². The number of rotatable bonds is 8. The van der Waals surface area contributed by atoms with Gasteiger partial charge in [-0.1, -0.05) is 13.8 Å². The van der Waals surface area contributed by atoms with E-state index < -0.39 is 30.3 Å². The normalized spacial score (nSPS) is 14.5. The van der Waals surface area contributed by atoms with Crippen molar-refractivity contribution in [3.63, 3.8) is 0 Å². The van der Waals surface area contributed by atoms with Crippen molar-refractivity contribution in [2.24, 2.45) is 5.92 Å². The van der Waals surface area contributed by atoms with Crippen molar-refractivity contribution < 1.29 is 19.2 Å². The highest BCUT2D eigenvalue weighted by Crippen LogP contribution is 2.20. The summed E-state index contributed by atoms with van der Waals surface area (Å²) in [7, 11) is 0. The van der Waals surface area contributed by atoms with Crippen molar-refractivity contribution in [2.45, 2.75) is 40.7 Å². The van der Waals surface area contributed by atoms with Gasteiger partial charge in [-0.25, -0.2) is 9.69 Å². The standard InChI is InChI=1S/C20H28N4O4/c1-6-22(14(4)5)16-9-7-15(8-10-16)21-17(25)12-24-19(27)18(26)23(20(24)28)11-13(2)3/h7-10,13-14H,6,11-12H2,1-5H3,(H,21,25). The molecule has 1 saturated heterocycles. The number of amides is 5. The van der Waals surface area contributed by atoms with Gasteiger partial charge in [0.1, 0.15) is 6.54 Å². The average molecular weight is 388 g/mol. The van der Waals surface area contributed by atoms with Gasteiger partial charge in [0, 0.05) is 30.5 Å². The molecule has 1 aromatic carbocycles. The number of nitrogens with one attached hydrogen (secondary N) is 1. The van der Waals surface area contributed by atoms with Gasteiger partial charge in [0.2, 0.25) is 5.91 Å². The Bertz CT molecular complexity index is 758. The van der Waals surface area contributed by atoms with Gasteiger partial charge in [0.15, 0.2) is 0 Å². The maximum Gasteiger partial charge on any atom is 0.334 e. The maximum atomic E-state index is 12.3. The molecule has 5 amide bonds. The van der Waals surface area contributed by atoms with Gasteiger partial charge in [0.25, 0.3) is 0 Å². The molecule has 152 valence electrons. The Labute approximate surface area is 165 Å². The van der Waals surface area contributed by atoms with Crippen molar-refractivity contribution in [3.05, 3.63) is 24.3 Å². The lowest BCUT2D eigenvalue weighted by Gasteiger charge is -2.27. The summed E-state index contributed by atoms with van der Waals surface area (Å²) in [5, 5.41) is 2.66. The molecular weight excluding hydrogens is 360 g/mol. The molecule has 0 unspecified atom stereocenters. The van der Waals surface area contributed by atoms with Crippen LogP contribution in [0.15, 0.2) is 24.3 Å². The predicted octanol–water partition coefficient (Wildman–Crippen LogP) is 2.31. The van der Waals surface area contributed by atoms with Crippen molar-refractivity contribution in [3.8, 4) is 0 Å². The molecule has 0 atom stereocenters. The highest BCUT2D eigenvalue weighted by atomic mass is 16.2. The fraction of sp³-hybridized carbons (Fsp3) is 0.500. The molecule has 28 heavy (non-hydrogen) atoms. The number of hydrogen-bond donors (Lipinski definition) is 1. The lowest BCUT2D eigenvalue weighted by molar-refractivity contribution is -0.143. The fourth-order valence-corrected chi connectivity index (χ4v) is 3.14. The van der Waals surface area contributed by atoms with E-state index in [1.807, 2.05) is 26.0 Å². The first-order chi connectivity index (χ1) is 13.1. The van der Waals surface area contributed by atoms with Crippen molar-refractivity contribution in [2.75, 3.05) is 29.9 Å². The van der Waals surface area contributed by atoms with E-state index in [-0.39, 0.29) is 12.5 Å². The molecule has 1 heterocycles. The van der Waals surface area contributed by atoms with Gasteiger partial charge in [-0.3, -0.25) is 19.3 Å². The second-order valence-electron chi connectivity index (χ2n) is 7.46. The van der Waals surface area contributed by atoms with E-state index in [0.717, 1.165) is 17.1 Å². The molecule has 0 spiro atoms. The van der Waals surface area contributed by atoms with Crippen LogP contribution in [0.4, 0.5) is 16.2 Å². The molecule has 1 aliphatic rings. The Kier molecular flexibility index (Phi) is 6.77. The summed E-state index contributed by atoms with van der Waals surface area (Å²) in [6, 6.07) is 6.94. The molecule has 0 aromatic heterocycles. The molecule has 8 nitrogen and oxygen atoms in total. The predicted molar refractivity (Wildman–Crippen MR) is 107 cm³/mol. The van der Waals surface area contributed by atoms with Gasteiger partial charge in [0.05, 0.1) is 0 Å². The maximum absolute atomic E-state index is 12.3. The number of nitrogens with zero attached hydrogens (tertiary/aromatic N) is 3. The van der Waals surface area contributed by atoms with Gasteiger partial charge >= 0.3 is 17.8 Å². The Morgan fingerprint density at radius 2 is 1.57 bits per heavy atom. The summed E-state index contributed by atoms with van der Waals surface area (Å²) < 4.78 is 0. The van der Waals surface area contributed by atoms with E-state index in [9.17, 15) is 19.2 Å². The van der Waals surface area contributed by atoms with E-state index >= 15 is 0 Å². The molecule has 1 aliphatic heterocycles. The van der Waals surface area contributed by atoms with Gasteiger partial charge in [-0.15, -0.1) is 0 Å². The minimum atomic E-state index is -0.966. The zero-order valence-electron chi connectivity index (χ0n) is 17.1. The summed E-state index contributed by atoms with van der Waals surface area (Å²) in [5.74, 6) is -2.36. The Balaban J connectivity index is 2.01. The third-order valence-corrected chi connectivity index (χ3v) is 4.43. The second kappa shape index (κ2) is 8.86. The Morgan fingerprint density at radius 1 is 1.00 bits per heavy atom. The van der Waals surface area contributed by atoms with Crippen LogP contribution in [-0.2, 0) is 14.4 Å². The highest BCUT2D eigenvalue weighted by Gasteiger charge is 2.45. The minimum absolute atomic E-state index is 0.0292. The topological polar surface area (TPSA) is 90.0 Å². The number of imide groups is 2. The van der Waals surface area contributed by atoms with E-state index in [1.54, 1.807) is 12.1 Å². The first kappa shape index (κ1) is 21.4. The molecule has 1 N–H and O–H groups in total. The zero-order chi connectivity index (χ0) is 21.0. The van der Waals surface area contributed by atoms with Crippen molar-refractivity contribution in [1.29, 1.82) is 0 Å². The molecular formula is C20H28N4O4. The Morgan fingerprint density at radius 3 is 2.07 bits per heavy atom. The number of anilines is 2. The number of carbonyl (C=O) groups excluding carboxylic acids is 4. The molecule has 8 heteroatoms. The largest absolute Gasteiger partial charge is 0.369 e. The molecule has 0 aliphatic carbocycles. The summed E-state index contributed by atoms with van der Waals surface area (Å²) in [6.45, 7) is 10.5. The molecule has 2 rings (SSSR count). The fourth-order valence-electron chi connectivity index (χ4n) is 3.14. The molecule has 0 saturated carbocycles. The van der Waals surface area contributed by atoms with Crippen LogP contribution in [0.5, 0.6) is 0 Å². The third-order valence-electron chi connectivity index (χ3n) is 4.43. The summed E-state index contributed by atoms with van der Waals surface area (Å²) >= 11 is 0. The lowest BCUT2D eigenvalue weighted by Crippen LogP contribution is -2.39. The van der Waals surface area contributed by atoms with E-state index in [0.29, 0.717) is 16.6 Å². The van der Waals surface area contributed by atoms with Crippen LogP contribution in [-0.4, -0.2) is 59.2 Å². The van der Waals surface area contributed by atoms with Crippen LogP contribution in [0.1, 0.15) is 34.6 Å². The van der Waals surface area contributed by atoms with Crippen LogP contribution in [0.25, 0.3) is 0 Å². The molecule has 0 bridgehead atoms. The average Bonchev–Trinajstić information content (AvgIpc) is 2.81. The number of carbonyl (C=O) groups is 4. The van der Waals surface area contributed by atoms with Crippen molar-refractivity contribution in [1.82, 2.24) is 9.80 Å². The van der Waals surface area contributed by atoms with Crippen LogP contribution in [0.2, 0.25) is 0 Å². The van der Waals surface area contributed by atoms with Crippen LogP contribution < -0.4 is 10.2 Å². The summed E-state index contributed by atoms with van der Waals surface area (Å²) in [5.41, 5.74) is 1.59. The second-order valence-corrected chi connectivity index (χ2v) is 7.46. The van der Waals surface area contributed by atoms with Gasteiger partial charge in [-0.2, -0.15) is 0 Å². The molecule has 0 radical (unpaired) electrons. The molecule has 1 aromatic rings. The highest BCUT2D eigenvalue weighted by molar-refractivity contribution is 6.45. The first-order valence-electron chi connectivity index (χ1n) is 9.49. The number of urea groups is 1. The minimum Gasteiger partial charge on any atom is -0.369 e. The Hall–Kier alpha value is -2.90. The third kappa shape index (κ3) is 4.68. The quantitative estimate of drug-likeness (QED) is 0.545. The summed E-state index contributed by atoms with van der Waals surface area (Å²) in [6.07, 6.45) is 0. The van der Waals surface area contributed by atoms with E-state index in [4.69, 9.17) is 0 Å². The van der Waals surface area contributed by atoms with Crippen LogP contribution >= 0.6 is 0 Å². The van der Waals surface area contributed by atoms with E-state index in [2.05, 4.69) is 31.0 Å². The van der Waals surface area contributed by atoms with Crippen LogP contribution in [0, 0.1) is 5.92 Å². The van der Waals surface area contributed by atoms with E-state index in [1.165, 1.54) is 0 Å². The number of hydrogen-bond acceptors (Lipinski definition) is 5. The lowest BCUT2D eigenvalue weighted by atomic mass is 10.2. The zero-order valence-corrected chi connectivity index (χ0v) is 17.1. The van der Waals surface area contributed by atoms with Crippen LogP contribution in [0.3, 0.4) is 0 Å². The molecule has 1 fully saturated rings. The monoisotopic (exact) mass is 388 g/mol. The SMILES string of the molecule is CCN(c1ccc(NC(=O)CN2C(=O)C(=O)N(CC(C)C)C2=O)cc1)C(C)C.